The van der Waals surface area contributed by atoms with Crippen LogP contribution >= 0.6 is 0 Å². The Bertz CT molecular complexity index is 854. The van der Waals surface area contributed by atoms with Crippen LogP contribution in [0.5, 0.6) is 11.5 Å². The van der Waals surface area contributed by atoms with Crippen molar-refractivity contribution in [3.8, 4) is 11.5 Å². The molecule has 2 aromatic rings. The van der Waals surface area contributed by atoms with Gasteiger partial charge in [-0.3, -0.25) is 0 Å². The number of aryl methyl sites for hydroxylation is 1. The number of nitrogens with one attached hydrogen (secondary N) is 1. The van der Waals surface area contributed by atoms with Gasteiger partial charge in [-0.15, -0.1) is 0 Å². The number of carbonyl (C=O) groups is 1. The van der Waals surface area contributed by atoms with Crippen molar-refractivity contribution < 1.29 is 19.0 Å². The lowest BCUT2D eigenvalue weighted by Gasteiger charge is -2.19. The molecule has 1 N–H and O–H groups in total. The minimum atomic E-state index is -0.511. The minimum absolute atomic E-state index is 0.412. The molecular weight excluding hydrogens is 372 g/mol. The van der Waals surface area contributed by atoms with Crippen molar-refractivity contribution in [1.29, 1.82) is 0 Å². The zero-order chi connectivity index (χ0) is 21.0. The van der Waals surface area contributed by atoms with Gasteiger partial charge >= 0.3 is 6.09 Å². The van der Waals surface area contributed by atoms with Crippen LogP contribution < -0.4 is 14.8 Å². The van der Waals surface area contributed by atoms with Gasteiger partial charge in [-0.25, -0.2) is 9.78 Å². The summed E-state index contributed by atoms with van der Waals surface area (Å²) in [5.74, 6) is 2.42. The summed E-state index contributed by atoms with van der Waals surface area (Å²) in [5, 5.41) is 2.82. The van der Waals surface area contributed by atoms with Crippen LogP contribution in [0.1, 0.15) is 33.0 Å². The van der Waals surface area contributed by atoms with Crippen LogP contribution in [0.3, 0.4) is 0 Å². The summed E-state index contributed by atoms with van der Waals surface area (Å²) >= 11 is 0. The molecule has 0 saturated carbocycles. The quantitative estimate of drug-likeness (QED) is 0.765. The molecule has 29 heavy (non-hydrogen) atoms. The zero-order valence-electron chi connectivity index (χ0n) is 18.1. The Kier molecular flexibility index (Phi) is 6.52. The molecule has 1 aliphatic heterocycles. The second-order valence-electron chi connectivity index (χ2n) is 8.50. The average molecular weight is 405 g/mol. The monoisotopic (exact) mass is 404 g/mol. The van der Waals surface area contributed by atoms with Crippen molar-refractivity contribution in [3.63, 3.8) is 0 Å². The van der Waals surface area contributed by atoms with Gasteiger partial charge in [-0.05, 0) is 47.8 Å². The fraction of sp³-hybridized carbons (Fsp3) is 0.619. The van der Waals surface area contributed by atoms with E-state index in [1.165, 1.54) is 0 Å². The van der Waals surface area contributed by atoms with E-state index in [2.05, 4.69) is 28.9 Å². The first kappa shape index (κ1) is 21.2. The third kappa shape index (κ3) is 5.76. The number of nitrogens with zero attached hydrogens (tertiary/aromatic N) is 3. The molecule has 0 atom stereocenters. The molecule has 160 valence electrons. The second kappa shape index (κ2) is 8.90. The summed E-state index contributed by atoms with van der Waals surface area (Å²) in [7, 11) is 4.14. The number of fused-ring (bicyclic) bond motifs is 2. The van der Waals surface area contributed by atoms with Crippen LogP contribution in [0.4, 0.5) is 4.79 Å². The van der Waals surface area contributed by atoms with Crippen molar-refractivity contribution in [3.05, 3.63) is 18.0 Å². The van der Waals surface area contributed by atoms with E-state index in [-0.39, 0.29) is 0 Å². The first-order valence-corrected chi connectivity index (χ1v) is 10.1. The maximum absolute atomic E-state index is 11.9. The average Bonchev–Trinajstić information content (AvgIpc) is 2.94. The summed E-state index contributed by atoms with van der Waals surface area (Å²) in [6.45, 7) is 8.94. The lowest BCUT2D eigenvalue weighted by molar-refractivity contribution is 0.0528. The standard InChI is InChI=1S/C21H32N4O4/c1-21(2,3)29-20(26)22-8-7-19-23-15-13-17-18(28-12-11-27-17)14-16(15)25(19)10-6-9-24(4)5/h13-14H,6-12H2,1-5H3,(H,22,26). The van der Waals surface area contributed by atoms with Gasteiger partial charge in [0.1, 0.15) is 24.6 Å². The third-order valence-corrected chi connectivity index (χ3v) is 4.50. The second-order valence-corrected chi connectivity index (χ2v) is 8.50. The molecule has 0 fully saturated rings. The summed E-state index contributed by atoms with van der Waals surface area (Å²) in [4.78, 5) is 18.9. The molecular formula is C21H32N4O4. The summed E-state index contributed by atoms with van der Waals surface area (Å²) in [6, 6.07) is 3.95. The molecule has 1 aliphatic rings. The van der Waals surface area contributed by atoms with E-state index in [1.807, 2.05) is 32.9 Å². The summed E-state index contributed by atoms with van der Waals surface area (Å²) in [6.07, 6.45) is 1.20. The van der Waals surface area contributed by atoms with Crippen LogP contribution in [-0.4, -0.2) is 66.5 Å². The van der Waals surface area contributed by atoms with Crippen molar-refractivity contribution in [2.24, 2.45) is 0 Å². The van der Waals surface area contributed by atoms with Gasteiger partial charge in [0.15, 0.2) is 11.5 Å². The molecule has 1 aromatic carbocycles. The maximum atomic E-state index is 11.9. The fourth-order valence-corrected chi connectivity index (χ4v) is 3.29. The van der Waals surface area contributed by atoms with Crippen molar-refractivity contribution in [2.45, 2.75) is 45.8 Å². The fourth-order valence-electron chi connectivity index (χ4n) is 3.29. The Hall–Kier alpha value is -2.48. The highest BCUT2D eigenvalue weighted by Crippen LogP contribution is 2.35. The molecule has 8 heteroatoms. The molecule has 0 aliphatic carbocycles. The largest absolute Gasteiger partial charge is 0.486 e. The van der Waals surface area contributed by atoms with E-state index >= 15 is 0 Å². The van der Waals surface area contributed by atoms with Crippen LogP contribution in [0, 0.1) is 0 Å². The molecule has 0 radical (unpaired) electrons. The predicted octanol–water partition coefficient (Wildman–Crippen LogP) is 2.83. The molecule has 8 nitrogen and oxygen atoms in total. The molecule has 1 aromatic heterocycles. The first-order valence-electron chi connectivity index (χ1n) is 10.1. The van der Waals surface area contributed by atoms with E-state index in [4.69, 9.17) is 19.2 Å². The smallest absolute Gasteiger partial charge is 0.407 e. The molecule has 3 rings (SSSR count). The van der Waals surface area contributed by atoms with Gasteiger partial charge in [0.05, 0.1) is 11.0 Å². The zero-order valence-corrected chi connectivity index (χ0v) is 18.1. The van der Waals surface area contributed by atoms with Gasteiger partial charge in [0.25, 0.3) is 0 Å². The molecule has 0 bridgehead atoms. The number of carbonyl (C=O) groups excluding carboxylic acids is 1. The number of amides is 1. The van der Waals surface area contributed by atoms with E-state index in [9.17, 15) is 4.79 Å². The number of alkyl carbamates (subject to hydrolysis) is 1. The minimum Gasteiger partial charge on any atom is -0.486 e. The molecule has 1 amide bonds. The predicted molar refractivity (Wildman–Crippen MR) is 112 cm³/mol. The van der Waals surface area contributed by atoms with Gasteiger partial charge in [0.2, 0.25) is 0 Å². The molecule has 0 saturated heterocycles. The summed E-state index contributed by atoms with van der Waals surface area (Å²) < 4.78 is 19.0. The lowest BCUT2D eigenvalue weighted by Crippen LogP contribution is -2.33. The normalized spacial score (nSPS) is 13.7. The topological polar surface area (TPSA) is 77.9 Å². The Labute approximate surface area is 172 Å². The SMILES string of the molecule is CN(C)CCCn1c(CCNC(=O)OC(C)(C)C)nc2cc3c(cc21)OCCO3. The van der Waals surface area contributed by atoms with Gasteiger partial charge in [-0.2, -0.15) is 0 Å². The molecule has 0 spiro atoms. The Morgan fingerprint density at radius 1 is 1.24 bits per heavy atom. The van der Waals surface area contributed by atoms with Crippen molar-refractivity contribution >= 4 is 17.1 Å². The van der Waals surface area contributed by atoms with E-state index < -0.39 is 11.7 Å². The number of imidazole rings is 1. The first-order chi connectivity index (χ1) is 13.7. The lowest BCUT2D eigenvalue weighted by atomic mass is 10.2. The van der Waals surface area contributed by atoms with Gasteiger partial charge in [0, 0.05) is 31.6 Å². The number of hydrogen-bond acceptors (Lipinski definition) is 6. The van der Waals surface area contributed by atoms with Gasteiger partial charge < -0.3 is 29.0 Å². The highest BCUT2D eigenvalue weighted by molar-refractivity contribution is 5.81. The Morgan fingerprint density at radius 3 is 2.59 bits per heavy atom. The highest BCUT2D eigenvalue weighted by atomic mass is 16.6. The van der Waals surface area contributed by atoms with Crippen LogP contribution in [0.15, 0.2) is 12.1 Å². The summed E-state index contributed by atoms with van der Waals surface area (Å²) in [5.41, 5.74) is 1.40. The Balaban J connectivity index is 1.77. The van der Waals surface area contributed by atoms with Crippen LogP contribution in [0.25, 0.3) is 11.0 Å². The van der Waals surface area contributed by atoms with Crippen LogP contribution in [-0.2, 0) is 17.7 Å². The molecule has 2 heterocycles. The third-order valence-electron chi connectivity index (χ3n) is 4.50. The van der Waals surface area contributed by atoms with Crippen molar-refractivity contribution in [1.82, 2.24) is 19.8 Å². The molecule has 0 unspecified atom stereocenters. The number of aromatic nitrogens is 2. The number of ether oxygens (including phenoxy) is 3. The number of rotatable bonds is 7. The van der Waals surface area contributed by atoms with Gasteiger partial charge in [-0.1, -0.05) is 0 Å². The van der Waals surface area contributed by atoms with E-state index in [0.29, 0.717) is 26.2 Å². The van der Waals surface area contributed by atoms with Crippen molar-refractivity contribution in [2.75, 3.05) is 40.4 Å². The van der Waals surface area contributed by atoms with E-state index in [1.54, 1.807) is 0 Å². The number of hydrogen-bond donors (Lipinski definition) is 1. The maximum Gasteiger partial charge on any atom is 0.407 e. The highest BCUT2D eigenvalue weighted by Gasteiger charge is 2.19. The van der Waals surface area contributed by atoms with E-state index in [0.717, 1.165) is 47.9 Å². The number of benzene rings is 1. The van der Waals surface area contributed by atoms with Crippen LogP contribution in [0.2, 0.25) is 0 Å². The Morgan fingerprint density at radius 2 is 1.93 bits per heavy atom.